The summed E-state index contributed by atoms with van der Waals surface area (Å²) in [6.07, 6.45) is 2.03. The van der Waals surface area contributed by atoms with E-state index in [4.69, 9.17) is 9.84 Å². The molecule has 1 atom stereocenters. The van der Waals surface area contributed by atoms with Gasteiger partial charge in [-0.2, -0.15) is 0 Å². The number of benzene rings is 1. The minimum atomic E-state index is 0.124. The minimum absolute atomic E-state index is 0.124. The van der Waals surface area contributed by atoms with Crippen molar-refractivity contribution in [1.29, 1.82) is 0 Å². The molecule has 3 nitrogen and oxygen atoms in total. The van der Waals surface area contributed by atoms with Crippen LogP contribution >= 0.6 is 0 Å². The molecule has 1 aliphatic heterocycles. The van der Waals surface area contributed by atoms with E-state index in [1.807, 2.05) is 12.1 Å². The Morgan fingerprint density at radius 1 is 1.47 bits per heavy atom. The van der Waals surface area contributed by atoms with Gasteiger partial charge >= 0.3 is 0 Å². The summed E-state index contributed by atoms with van der Waals surface area (Å²) in [7, 11) is 1.78. The van der Waals surface area contributed by atoms with Gasteiger partial charge in [0.05, 0.1) is 12.7 Å². The van der Waals surface area contributed by atoms with Crippen LogP contribution in [0.1, 0.15) is 24.0 Å². The van der Waals surface area contributed by atoms with Crippen LogP contribution in [0.4, 0.5) is 0 Å². The highest BCUT2D eigenvalue weighted by atomic mass is 16.5. The Kier molecular flexibility index (Phi) is 5.41. The maximum Gasteiger partial charge on any atom is 0.0710 e. The molecule has 1 fully saturated rings. The van der Waals surface area contributed by atoms with Gasteiger partial charge in [-0.1, -0.05) is 24.0 Å². The minimum Gasteiger partial charge on any atom is -0.395 e. The number of rotatable bonds is 4. The Morgan fingerprint density at radius 2 is 2.37 bits per heavy atom. The maximum absolute atomic E-state index is 8.72. The van der Waals surface area contributed by atoms with E-state index in [0.717, 1.165) is 31.6 Å². The molecule has 19 heavy (non-hydrogen) atoms. The van der Waals surface area contributed by atoms with E-state index >= 15 is 0 Å². The Balaban J connectivity index is 1.94. The number of ether oxygens (including phenoxy) is 1. The number of methoxy groups -OCH3 is 1. The lowest BCUT2D eigenvalue weighted by molar-refractivity contribution is 0.107. The quantitative estimate of drug-likeness (QED) is 0.834. The first-order valence-electron chi connectivity index (χ1n) is 6.75. The normalized spacial score (nSPS) is 19.2. The van der Waals surface area contributed by atoms with Gasteiger partial charge < -0.3 is 9.84 Å². The number of hydrogen-bond donors (Lipinski definition) is 1. The van der Waals surface area contributed by atoms with Crippen LogP contribution < -0.4 is 0 Å². The number of aliphatic hydroxyl groups is 1. The zero-order valence-electron chi connectivity index (χ0n) is 11.4. The largest absolute Gasteiger partial charge is 0.395 e. The zero-order valence-corrected chi connectivity index (χ0v) is 11.4. The van der Waals surface area contributed by atoms with Gasteiger partial charge in [-0.15, -0.1) is 0 Å². The summed E-state index contributed by atoms with van der Waals surface area (Å²) in [6, 6.07) is 8.32. The van der Waals surface area contributed by atoms with Crippen molar-refractivity contribution in [3.63, 3.8) is 0 Å². The fourth-order valence-electron chi connectivity index (χ4n) is 2.36. The van der Waals surface area contributed by atoms with E-state index in [9.17, 15) is 0 Å². The molecule has 1 aliphatic rings. The summed E-state index contributed by atoms with van der Waals surface area (Å²) < 4.78 is 5.38. The number of hydrogen-bond acceptors (Lipinski definition) is 3. The third kappa shape index (κ3) is 4.36. The van der Waals surface area contributed by atoms with Crippen LogP contribution in [0.3, 0.4) is 0 Å². The lowest BCUT2D eigenvalue weighted by Crippen LogP contribution is -2.22. The molecule has 1 aromatic carbocycles. The van der Waals surface area contributed by atoms with Crippen LogP contribution in [0.25, 0.3) is 0 Å². The van der Waals surface area contributed by atoms with Crippen molar-refractivity contribution < 1.29 is 9.84 Å². The van der Waals surface area contributed by atoms with Gasteiger partial charge in [0.2, 0.25) is 0 Å². The van der Waals surface area contributed by atoms with Crippen LogP contribution in [-0.2, 0) is 11.3 Å². The summed E-state index contributed by atoms with van der Waals surface area (Å²) in [5.41, 5.74) is 2.31. The van der Waals surface area contributed by atoms with Gasteiger partial charge in [0, 0.05) is 38.7 Å². The average Bonchev–Trinajstić information content (AvgIpc) is 2.87. The molecule has 0 bridgehead atoms. The highest BCUT2D eigenvalue weighted by Gasteiger charge is 2.21. The fraction of sp³-hybridized carbons (Fsp3) is 0.500. The predicted octanol–water partition coefficient (Wildman–Crippen LogP) is 1.64. The van der Waals surface area contributed by atoms with Gasteiger partial charge in [-0.25, -0.2) is 0 Å². The van der Waals surface area contributed by atoms with Gasteiger partial charge in [0.15, 0.2) is 0 Å². The van der Waals surface area contributed by atoms with Gasteiger partial charge in [0.25, 0.3) is 0 Å². The van der Waals surface area contributed by atoms with Crippen molar-refractivity contribution in [2.45, 2.75) is 25.5 Å². The molecule has 0 aliphatic carbocycles. The number of aliphatic hydroxyl groups excluding tert-OH is 1. The topological polar surface area (TPSA) is 32.7 Å². The Labute approximate surface area is 115 Å². The van der Waals surface area contributed by atoms with Crippen LogP contribution in [0, 0.1) is 11.8 Å². The van der Waals surface area contributed by atoms with Crippen molar-refractivity contribution in [3.8, 4) is 11.8 Å². The molecular formula is C16H21NO2. The molecule has 102 valence electrons. The van der Waals surface area contributed by atoms with Crippen LogP contribution in [0.2, 0.25) is 0 Å². The first-order chi connectivity index (χ1) is 9.31. The highest BCUT2D eigenvalue weighted by molar-refractivity contribution is 5.37. The monoisotopic (exact) mass is 259 g/mol. The van der Waals surface area contributed by atoms with E-state index in [1.165, 1.54) is 5.56 Å². The second kappa shape index (κ2) is 7.30. The van der Waals surface area contributed by atoms with Gasteiger partial charge in [-0.3, -0.25) is 4.90 Å². The lowest BCUT2D eigenvalue weighted by Gasteiger charge is -2.15. The predicted molar refractivity (Wildman–Crippen MR) is 75.7 cm³/mol. The van der Waals surface area contributed by atoms with Crippen LogP contribution in [-0.4, -0.2) is 42.9 Å². The molecule has 1 heterocycles. The second-order valence-electron chi connectivity index (χ2n) is 4.86. The fourth-order valence-corrected chi connectivity index (χ4v) is 2.36. The Morgan fingerprint density at radius 3 is 3.11 bits per heavy atom. The molecule has 3 heteroatoms. The van der Waals surface area contributed by atoms with Crippen molar-refractivity contribution >= 4 is 0 Å². The summed E-state index contributed by atoms with van der Waals surface area (Å²) in [5.74, 6) is 6.03. The van der Waals surface area contributed by atoms with Crippen LogP contribution in [0.15, 0.2) is 24.3 Å². The Hall–Kier alpha value is -1.34. The first-order valence-corrected chi connectivity index (χ1v) is 6.75. The van der Waals surface area contributed by atoms with Crippen molar-refractivity contribution in [1.82, 2.24) is 4.90 Å². The van der Waals surface area contributed by atoms with E-state index in [1.54, 1.807) is 7.11 Å². The van der Waals surface area contributed by atoms with Gasteiger partial charge in [0.1, 0.15) is 0 Å². The third-order valence-corrected chi connectivity index (χ3v) is 3.37. The summed E-state index contributed by atoms with van der Waals surface area (Å²) >= 11 is 0. The molecule has 1 saturated heterocycles. The molecule has 1 aromatic rings. The molecule has 1 unspecified atom stereocenters. The molecule has 0 spiro atoms. The second-order valence-corrected chi connectivity index (χ2v) is 4.86. The zero-order chi connectivity index (χ0) is 13.5. The summed E-state index contributed by atoms with van der Waals surface area (Å²) in [6.45, 7) is 3.18. The van der Waals surface area contributed by atoms with E-state index < -0.39 is 0 Å². The van der Waals surface area contributed by atoms with E-state index in [-0.39, 0.29) is 6.61 Å². The van der Waals surface area contributed by atoms with Crippen molar-refractivity contribution in [3.05, 3.63) is 35.4 Å². The smallest absolute Gasteiger partial charge is 0.0710 e. The van der Waals surface area contributed by atoms with Crippen LogP contribution in [0.5, 0.6) is 0 Å². The molecule has 2 rings (SSSR count). The molecule has 0 amide bonds. The molecule has 0 aromatic heterocycles. The maximum atomic E-state index is 8.72. The van der Waals surface area contributed by atoms with Gasteiger partial charge in [-0.05, 0) is 24.1 Å². The van der Waals surface area contributed by atoms with Crippen molar-refractivity contribution in [2.75, 3.05) is 26.8 Å². The third-order valence-electron chi connectivity index (χ3n) is 3.37. The SMILES string of the molecule is COC1CCN(Cc2cccc(C#CCCO)c2)C1. The summed E-state index contributed by atoms with van der Waals surface area (Å²) in [4.78, 5) is 2.41. The molecular weight excluding hydrogens is 238 g/mol. The van der Waals surface area contributed by atoms with E-state index in [0.29, 0.717) is 12.5 Å². The molecule has 0 radical (unpaired) electrons. The standard InChI is InChI=1S/C16H21NO2/c1-19-16-8-9-17(13-16)12-15-7-4-6-14(11-15)5-2-3-10-18/h4,6-7,11,16,18H,3,8-10,12-13H2,1H3. The first kappa shape index (κ1) is 14.1. The molecule has 0 saturated carbocycles. The summed E-state index contributed by atoms with van der Waals surface area (Å²) in [5, 5.41) is 8.72. The lowest BCUT2D eigenvalue weighted by atomic mass is 10.1. The highest BCUT2D eigenvalue weighted by Crippen LogP contribution is 2.15. The number of likely N-dealkylation sites (tertiary alicyclic amines) is 1. The number of nitrogens with zero attached hydrogens (tertiary/aromatic N) is 1. The molecule has 1 N–H and O–H groups in total. The Bertz CT molecular complexity index is 461. The van der Waals surface area contributed by atoms with Crippen molar-refractivity contribution in [2.24, 2.45) is 0 Å². The average molecular weight is 259 g/mol. The van der Waals surface area contributed by atoms with E-state index in [2.05, 4.69) is 28.9 Å².